The number of nitrogens with zero attached hydrogens (tertiary/aromatic N) is 1. The number of hydrogen-bond acceptors (Lipinski definition) is 4. The molecule has 0 aliphatic rings. The number of benzene rings is 1. The van der Waals surface area contributed by atoms with Crippen LogP contribution in [0.15, 0.2) is 24.3 Å². The van der Waals surface area contributed by atoms with Crippen molar-refractivity contribution in [3.8, 4) is 22.9 Å². The molecule has 0 aliphatic heterocycles. The smallest absolute Gasteiger partial charge is 0.128 e. The highest BCUT2D eigenvalue weighted by Gasteiger charge is 2.14. The summed E-state index contributed by atoms with van der Waals surface area (Å²) in [5, 5.41) is 8.96. The standard InChI is InChI=1S/C13H12N2OS/c1-8-12(13(15)11(7-14)17-8)9-4-3-5-10(6-9)16-2/h3-6H,15H2,1-2H3. The second kappa shape index (κ2) is 4.48. The number of ether oxygens (including phenoxy) is 1. The maximum atomic E-state index is 8.96. The lowest BCUT2D eigenvalue weighted by atomic mass is 10.0. The van der Waals surface area contributed by atoms with E-state index in [1.807, 2.05) is 31.2 Å². The molecule has 0 bridgehead atoms. The number of aryl methyl sites for hydroxylation is 1. The highest BCUT2D eigenvalue weighted by Crippen LogP contribution is 2.38. The highest BCUT2D eigenvalue weighted by atomic mass is 32.1. The second-order valence-corrected chi connectivity index (χ2v) is 4.84. The minimum Gasteiger partial charge on any atom is -0.497 e. The maximum Gasteiger partial charge on any atom is 0.128 e. The van der Waals surface area contributed by atoms with Crippen LogP contribution in [0.4, 0.5) is 5.69 Å². The van der Waals surface area contributed by atoms with Crippen LogP contribution in [0.1, 0.15) is 9.75 Å². The number of methoxy groups -OCH3 is 1. The summed E-state index contributed by atoms with van der Waals surface area (Å²) in [5.41, 5.74) is 8.46. The zero-order valence-electron chi connectivity index (χ0n) is 9.65. The summed E-state index contributed by atoms with van der Waals surface area (Å²) in [5.74, 6) is 0.783. The number of nitriles is 1. The highest BCUT2D eigenvalue weighted by molar-refractivity contribution is 7.13. The van der Waals surface area contributed by atoms with Gasteiger partial charge in [0, 0.05) is 10.4 Å². The van der Waals surface area contributed by atoms with Gasteiger partial charge in [-0.1, -0.05) is 12.1 Å². The largest absolute Gasteiger partial charge is 0.497 e. The Morgan fingerprint density at radius 2 is 2.18 bits per heavy atom. The first-order valence-corrected chi connectivity index (χ1v) is 5.92. The first kappa shape index (κ1) is 11.5. The molecular formula is C13H12N2OS. The molecule has 0 spiro atoms. The Labute approximate surface area is 104 Å². The maximum absolute atomic E-state index is 8.96. The van der Waals surface area contributed by atoms with Crippen LogP contribution in [0.5, 0.6) is 5.75 Å². The Bertz CT molecular complexity index is 596. The summed E-state index contributed by atoms with van der Waals surface area (Å²) in [7, 11) is 1.63. The van der Waals surface area contributed by atoms with Gasteiger partial charge in [-0.15, -0.1) is 11.3 Å². The van der Waals surface area contributed by atoms with E-state index in [9.17, 15) is 0 Å². The number of thiophene rings is 1. The van der Waals surface area contributed by atoms with Gasteiger partial charge in [0.2, 0.25) is 0 Å². The van der Waals surface area contributed by atoms with Crippen LogP contribution in [0, 0.1) is 18.3 Å². The van der Waals surface area contributed by atoms with E-state index in [0.717, 1.165) is 21.8 Å². The third-order valence-corrected chi connectivity index (χ3v) is 3.61. The molecule has 2 rings (SSSR count). The molecule has 0 saturated heterocycles. The van der Waals surface area contributed by atoms with E-state index < -0.39 is 0 Å². The van der Waals surface area contributed by atoms with E-state index in [4.69, 9.17) is 15.7 Å². The molecular weight excluding hydrogens is 232 g/mol. The summed E-state index contributed by atoms with van der Waals surface area (Å²) in [6.45, 7) is 1.97. The second-order valence-electron chi connectivity index (χ2n) is 3.62. The van der Waals surface area contributed by atoms with E-state index in [1.165, 1.54) is 11.3 Å². The van der Waals surface area contributed by atoms with Gasteiger partial charge in [-0.25, -0.2) is 0 Å². The Morgan fingerprint density at radius 1 is 1.41 bits per heavy atom. The van der Waals surface area contributed by atoms with E-state index in [0.29, 0.717) is 10.6 Å². The summed E-state index contributed by atoms with van der Waals surface area (Å²) >= 11 is 1.42. The predicted octanol–water partition coefficient (Wildman–Crippen LogP) is 3.19. The third-order valence-electron chi connectivity index (χ3n) is 2.58. The number of rotatable bonds is 2. The van der Waals surface area contributed by atoms with Gasteiger partial charge in [0.05, 0.1) is 12.8 Å². The van der Waals surface area contributed by atoms with Crippen LogP contribution in [-0.4, -0.2) is 7.11 Å². The number of anilines is 1. The van der Waals surface area contributed by atoms with Gasteiger partial charge in [-0.05, 0) is 24.6 Å². The van der Waals surface area contributed by atoms with Crippen molar-refractivity contribution in [2.75, 3.05) is 12.8 Å². The van der Waals surface area contributed by atoms with Crippen molar-refractivity contribution in [2.24, 2.45) is 0 Å². The molecule has 0 saturated carbocycles. The molecule has 86 valence electrons. The molecule has 1 aromatic carbocycles. The predicted molar refractivity (Wildman–Crippen MR) is 70.2 cm³/mol. The fourth-order valence-electron chi connectivity index (χ4n) is 1.78. The molecule has 4 heteroatoms. The van der Waals surface area contributed by atoms with Crippen molar-refractivity contribution in [2.45, 2.75) is 6.92 Å². The lowest BCUT2D eigenvalue weighted by Crippen LogP contribution is -1.90. The monoisotopic (exact) mass is 244 g/mol. The molecule has 2 N–H and O–H groups in total. The van der Waals surface area contributed by atoms with Gasteiger partial charge in [0.1, 0.15) is 16.7 Å². The lowest BCUT2D eigenvalue weighted by Gasteiger charge is -2.05. The number of nitrogens with two attached hydrogens (primary N) is 1. The van der Waals surface area contributed by atoms with E-state index >= 15 is 0 Å². The third kappa shape index (κ3) is 1.97. The molecule has 17 heavy (non-hydrogen) atoms. The zero-order valence-corrected chi connectivity index (χ0v) is 10.5. The van der Waals surface area contributed by atoms with Gasteiger partial charge in [-0.2, -0.15) is 5.26 Å². The Kier molecular flexibility index (Phi) is 3.03. The summed E-state index contributed by atoms with van der Waals surface area (Å²) in [6, 6.07) is 9.80. The zero-order chi connectivity index (χ0) is 12.4. The average molecular weight is 244 g/mol. The molecule has 2 aromatic rings. The molecule has 0 radical (unpaired) electrons. The van der Waals surface area contributed by atoms with Gasteiger partial charge in [-0.3, -0.25) is 0 Å². The minimum absolute atomic E-state index is 0.559. The topological polar surface area (TPSA) is 59.0 Å². The SMILES string of the molecule is COc1cccc(-c2c(C)sc(C#N)c2N)c1. The van der Waals surface area contributed by atoms with Crippen molar-refractivity contribution in [1.82, 2.24) is 0 Å². The summed E-state index contributed by atoms with van der Waals surface area (Å²) in [6.07, 6.45) is 0. The molecule has 0 amide bonds. The molecule has 3 nitrogen and oxygen atoms in total. The Morgan fingerprint density at radius 3 is 2.76 bits per heavy atom. The first-order valence-electron chi connectivity index (χ1n) is 5.10. The van der Waals surface area contributed by atoms with Crippen LogP contribution in [0.25, 0.3) is 11.1 Å². The number of hydrogen-bond donors (Lipinski definition) is 1. The summed E-state index contributed by atoms with van der Waals surface area (Å²) < 4.78 is 5.19. The van der Waals surface area contributed by atoms with Crippen LogP contribution >= 0.6 is 11.3 Å². The molecule has 0 atom stereocenters. The van der Waals surface area contributed by atoms with Crippen LogP contribution in [-0.2, 0) is 0 Å². The molecule has 0 unspecified atom stereocenters. The van der Waals surface area contributed by atoms with Crippen LogP contribution in [0.2, 0.25) is 0 Å². The Hall–Kier alpha value is -1.99. The quantitative estimate of drug-likeness (QED) is 0.882. The van der Waals surface area contributed by atoms with Crippen LogP contribution < -0.4 is 10.5 Å². The minimum atomic E-state index is 0.559. The fraction of sp³-hybridized carbons (Fsp3) is 0.154. The van der Waals surface area contributed by atoms with E-state index in [2.05, 4.69) is 6.07 Å². The van der Waals surface area contributed by atoms with Crippen molar-refractivity contribution < 1.29 is 4.74 Å². The van der Waals surface area contributed by atoms with E-state index in [-0.39, 0.29) is 0 Å². The molecule has 0 aliphatic carbocycles. The van der Waals surface area contributed by atoms with Crippen molar-refractivity contribution in [3.63, 3.8) is 0 Å². The Balaban J connectivity index is 2.60. The van der Waals surface area contributed by atoms with Gasteiger partial charge >= 0.3 is 0 Å². The van der Waals surface area contributed by atoms with Gasteiger partial charge in [0.25, 0.3) is 0 Å². The average Bonchev–Trinajstić information content (AvgIpc) is 2.64. The van der Waals surface area contributed by atoms with Gasteiger partial charge in [0.15, 0.2) is 0 Å². The summed E-state index contributed by atoms with van der Waals surface area (Å²) in [4.78, 5) is 1.62. The fourth-order valence-corrected chi connectivity index (χ4v) is 2.68. The van der Waals surface area contributed by atoms with Crippen molar-refractivity contribution in [1.29, 1.82) is 5.26 Å². The number of nitrogen functional groups attached to an aromatic ring is 1. The normalized spacial score (nSPS) is 9.94. The van der Waals surface area contributed by atoms with E-state index in [1.54, 1.807) is 7.11 Å². The van der Waals surface area contributed by atoms with Crippen LogP contribution in [0.3, 0.4) is 0 Å². The molecule has 1 heterocycles. The molecule has 1 aromatic heterocycles. The van der Waals surface area contributed by atoms with Gasteiger partial charge < -0.3 is 10.5 Å². The first-order chi connectivity index (χ1) is 8.17. The van der Waals surface area contributed by atoms with Crippen molar-refractivity contribution >= 4 is 17.0 Å². The lowest BCUT2D eigenvalue weighted by molar-refractivity contribution is 0.415. The molecule has 0 fully saturated rings. The van der Waals surface area contributed by atoms with Crippen molar-refractivity contribution in [3.05, 3.63) is 34.0 Å².